The molecule has 0 saturated heterocycles. The zero-order valence-corrected chi connectivity index (χ0v) is 12.3. The first-order chi connectivity index (χ1) is 9.69. The third-order valence-electron chi connectivity index (χ3n) is 3.18. The van der Waals surface area contributed by atoms with Crippen LogP contribution in [0.1, 0.15) is 5.56 Å². The zero-order chi connectivity index (χ0) is 14.4. The van der Waals surface area contributed by atoms with Crippen molar-refractivity contribution >= 4 is 11.8 Å². The van der Waals surface area contributed by atoms with Crippen molar-refractivity contribution in [3.63, 3.8) is 0 Å². The smallest absolute Gasteiger partial charge is 0.132 e. The molecule has 0 aliphatic carbocycles. The molecule has 0 saturated carbocycles. The highest BCUT2D eigenvalue weighted by molar-refractivity contribution is 7.99. The lowest BCUT2D eigenvalue weighted by Crippen LogP contribution is -2.37. The Kier molecular flexibility index (Phi) is 5.06. The third-order valence-corrected chi connectivity index (χ3v) is 4.45. The summed E-state index contributed by atoms with van der Waals surface area (Å²) in [7, 11) is 1.64. The maximum absolute atomic E-state index is 10.7. The molecule has 3 N–H and O–H groups in total. The maximum atomic E-state index is 10.7. The second-order valence-corrected chi connectivity index (χ2v) is 5.56. The minimum absolute atomic E-state index is 0.180. The number of rotatable bonds is 6. The van der Waals surface area contributed by atoms with Gasteiger partial charge in [-0.25, -0.2) is 0 Å². The molecule has 0 fully saturated rings. The largest absolute Gasteiger partial charge is 0.496 e. The molecule has 0 aliphatic heterocycles. The van der Waals surface area contributed by atoms with E-state index in [1.807, 2.05) is 54.6 Å². The molecule has 0 heterocycles. The second kappa shape index (κ2) is 6.79. The fraction of sp³-hybridized carbons (Fsp3) is 0.250. The lowest BCUT2D eigenvalue weighted by Gasteiger charge is -2.27. The molecule has 0 radical (unpaired) electrons. The highest BCUT2D eigenvalue weighted by Gasteiger charge is 2.28. The van der Waals surface area contributed by atoms with Crippen molar-refractivity contribution in [1.29, 1.82) is 0 Å². The standard InChI is InChI=1S/C16H19NO2S/c1-19-14-9-5-6-10-15(14)20-12-16(18,11-17)13-7-3-2-4-8-13/h2-10,18H,11-12,17H2,1H3. The number of methoxy groups -OCH3 is 1. The number of benzene rings is 2. The minimum atomic E-state index is -1.03. The Bertz CT molecular complexity index is 547. The summed E-state index contributed by atoms with van der Waals surface area (Å²) in [5.41, 5.74) is 5.58. The Morgan fingerprint density at radius 1 is 1.10 bits per heavy atom. The van der Waals surface area contributed by atoms with Crippen LogP contribution < -0.4 is 10.5 Å². The van der Waals surface area contributed by atoms with Gasteiger partial charge < -0.3 is 15.6 Å². The van der Waals surface area contributed by atoms with Crippen molar-refractivity contribution in [2.24, 2.45) is 5.73 Å². The summed E-state index contributed by atoms with van der Waals surface area (Å²) in [6, 6.07) is 17.3. The van der Waals surface area contributed by atoms with Crippen LogP contribution in [0.2, 0.25) is 0 Å². The lowest BCUT2D eigenvalue weighted by atomic mass is 9.96. The Hall–Kier alpha value is -1.49. The number of para-hydroxylation sites is 1. The molecule has 4 heteroatoms. The van der Waals surface area contributed by atoms with E-state index >= 15 is 0 Å². The van der Waals surface area contributed by atoms with Crippen molar-refractivity contribution < 1.29 is 9.84 Å². The van der Waals surface area contributed by atoms with Gasteiger partial charge in [0.1, 0.15) is 11.4 Å². The van der Waals surface area contributed by atoms with Crippen LogP contribution in [-0.2, 0) is 5.60 Å². The summed E-state index contributed by atoms with van der Waals surface area (Å²) in [6.45, 7) is 0.180. The van der Waals surface area contributed by atoms with Crippen LogP contribution in [0, 0.1) is 0 Å². The number of hydrogen-bond donors (Lipinski definition) is 2. The first-order valence-corrected chi connectivity index (χ1v) is 7.42. The van der Waals surface area contributed by atoms with E-state index in [0.29, 0.717) is 5.75 Å². The second-order valence-electron chi connectivity index (χ2n) is 4.54. The molecule has 0 spiro atoms. The van der Waals surface area contributed by atoms with E-state index in [2.05, 4.69) is 0 Å². The third kappa shape index (κ3) is 3.33. The molecule has 106 valence electrons. The van der Waals surface area contributed by atoms with Gasteiger partial charge >= 0.3 is 0 Å². The quantitative estimate of drug-likeness (QED) is 0.803. The van der Waals surface area contributed by atoms with Crippen molar-refractivity contribution in [3.8, 4) is 5.75 Å². The summed E-state index contributed by atoms with van der Waals surface area (Å²) < 4.78 is 5.32. The van der Waals surface area contributed by atoms with Gasteiger partial charge in [-0.2, -0.15) is 0 Å². The van der Waals surface area contributed by atoms with Crippen molar-refractivity contribution in [2.45, 2.75) is 10.5 Å². The van der Waals surface area contributed by atoms with Crippen molar-refractivity contribution in [3.05, 3.63) is 60.2 Å². The zero-order valence-electron chi connectivity index (χ0n) is 11.5. The Balaban J connectivity index is 2.15. The molecule has 1 atom stereocenters. The van der Waals surface area contributed by atoms with E-state index < -0.39 is 5.60 Å². The lowest BCUT2D eigenvalue weighted by molar-refractivity contribution is 0.0721. The van der Waals surface area contributed by atoms with Crippen LogP contribution in [0.3, 0.4) is 0 Å². The average Bonchev–Trinajstić information content (AvgIpc) is 2.53. The predicted molar refractivity (Wildman–Crippen MR) is 83.1 cm³/mol. The number of ether oxygens (including phenoxy) is 1. The molecule has 0 bridgehead atoms. The topological polar surface area (TPSA) is 55.5 Å². The van der Waals surface area contributed by atoms with E-state index in [1.54, 1.807) is 18.9 Å². The summed E-state index contributed by atoms with van der Waals surface area (Å²) in [5, 5.41) is 10.7. The van der Waals surface area contributed by atoms with Gasteiger partial charge in [-0.15, -0.1) is 11.8 Å². The normalized spacial score (nSPS) is 13.8. The molecule has 1 unspecified atom stereocenters. The van der Waals surface area contributed by atoms with Crippen LogP contribution in [0.5, 0.6) is 5.75 Å². The van der Waals surface area contributed by atoms with Crippen molar-refractivity contribution in [1.82, 2.24) is 0 Å². The van der Waals surface area contributed by atoms with Gasteiger partial charge in [0.05, 0.1) is 7.11 Å². The molecular weight excluding hydrogens is 270 g/mol. The van der Waals surface area contributed by atoms with Crippen LogP contribution >= 0.6 is 11.8 Å². The van der Waals surface area contributed by atoms with Crippen LogP contribution in [0.15, 0.2) is 59.5 Å². The minimum Gasteiger partial charge on any atom is -0.496 e. The van der Waals surface area contributed by atoms with Gasteiger partial charge in [-0.05, 0) is 17.7 Å². The first-order valence-electron chi connectivity index (χ1n) is 6.43. The van der Waals surface area contributed by atoms with E-state index in [4.69, 9.17) is 10.5 Å². The Morgan fingerprint density at radius 3 is 2.40 bits per heavy atom. The number of nitrogens with two attached hydrogens (primary N) is 1. The molecule has 0 amide bonds. The van der Waals surface area contributed by atoms with Gasteiger partial charge in [-0.1, -0.05) is 42.5 Å². The summed E-state index contributed by atoms with van der Waals surface area (Å²) in [5.74, 6) is 1.29. The summed E-state index contributed by atoms with van der Waals surface area (Å²) >= 11 is 1.54. The highest BCUT2D eigenvalue weighted by atomic mass is 32.2. The SMILES string of the molecule is COc1ccccc1SCC(O)(CN)c1ccccc1. The van der Waals surface area contributed by atoms with Gasteiger partial charge in [0.15, 0.2) is 0 Å². The van der Waals surface area contributed by atoms with E-state index in [-0.39, 0.29) is 6.54 Å². The maximum Gasteiger partial charge on any atom is 0.132 e. The van der Waals surface area contributed by atoms with Crippen molar-refractivity contribution in [2.75, 3.05) is 19.4 Å². The first kappa shape index (κ1) is 14.9. The fourth-order valence-corrected chi connectivity index (χ4v) is 3.09. The van der Waals surface area contributed by atoms with Gasteiger partial charge in [-0.3, -0.25) is 0 Å². The summed E-state index contributed by atoms with van der Waals surface area (Å²) in [4.78, 5) is 0.998. The van der Waals surface area contributed by atoms with Gasteiger partial charge in [0.2, 0.25) is 0 Å². The molecular formula is C16H19NO2S. The van der Waals surface area contributed by atoms with Crippen LogP contribution in [0.4, 0.5) is 0 Å². The average molecular weight is 289 g/mol. The molecule has 3 nitrogen and oxygen atoms in total. The Morgan fingerprint density at radius 2 is 1.75 bits per heavy atom. The van der Waals surface area contributed by atoms with Crippen LogP contribution in [-0.4, -0.2) is 24.5 Å². The van der Waals surface area contributed by atoms with Gasteiger partial charge in [0, 0.05) is 17.2 Å². The number of thioether (sulfide) groups is 1. The molecule has 2 rings (SSSR count). The molecule has 0 aromatic heterocycles. The number of hydrogen-bond acceptors (Lipinski definition) is 4. The molecule has 20 heavy (non-hydrogen) atoms. The van der Waals surface area contributed by atoms with Gasteiger partial charge in [0.25, 0.3) is 0 Å². The van der Waals surface area contributed by atoms with E-state index in [1.165, 1.54) is 0 Å². The highest BCUT2D eigenvalue weighted by Crippen LogP contribution is 2.34. The van der Waals surface area contributed by atoms with E-state index in [9.17, 15) is 5.11 Å². The Labute approximate surface area is 123 Å². The summed E-state index contributed by atoms with van der Waals surface area (Å²) in [6.07, 6.45) is 0. The molecule has 2 aromatic rings. The molecule has 2 aromatic carbocycles. The molecule has 0 aliphatic rings. The van der Waals surface area contributed by atoms with E-state index in [0.717, 1.165) is 16.2 Å². The predicted octanol–water partition coefficient (Wildman–Crippen LogP) is 2.63. The number of aliphatic hydroxyl groups is 1. The van der Waals surface area contributed by atoms with Crippen LogP contribution in [0.25, 0.3) is 0 Å². The monoisotopic (exact) mass is 289 g/mol. The fourth-order valence-electron chi connectivity index (χ4n) is 1.94.